The van der Waals surface area contributed by atoms with Gasteiger partial charge < -0.3 is 0 Å². The zero-order valence-corrected chi connectivity index (χ0v) is 9.27. The molecule has 1 aromatic heterocycles. The Morgan fingerprint density at radius 2 is 1.81 bits per heavy atom. The summed E-state index contributed by atoms with van der Waals surface area (Å²) in [5.41, 5.74) is 3.56. The number of carbonyl (C=O) groups is 1. The van der Waals surface area contributed by atoms with Crippen LogP contribution in [0.15, 0.2) is 36.7 Å². The van der Waals surface area contributed by atoms with Gasteiger partial charge in [-0.1, -0.05) is 12.1 Å². The molecule has 2 aromatic rings. The fraction of sp³-hybridized carbons (Fsp3) is 0.154. The van der Waals surface area contributed by atoms with E-state index in [2.05, 4.69) is 10.2 Å². The molecule has 0 N–H and O–H groups in total. The summed E-state index contributed by atoms with van der Waals surface area (Å²) in [6.45, 7) is 4.02. The van der Waals surface area contributed by atoms with Crippen LogP contribution in [0.3, 0.4) is 0 Å². The molecule has 1 aromatic carbocycles. The van der Waals surface area contributed by atoms with Crippen molar-refractivity contribution >= 4 is 5.78 Å². The maximum Gasteiger partial charge on any atom is 0.194 e. The highest BCUT2D eigenvalue weighted by Gasteiger charge is 2.09. The molecule has 0 atom stereocenters. The number of nitrogens with zero attached hydrogens (tertiary/aromatic N) is 2. The summed E-state index contributed by atoms with van der Waals surface area (Å²) in [7, 11) is 0. The highest BCUT2D eigenvalue weighted by molar-refractivity contribution is 6.08. The smallest absolute Gasteiger partial charge is 0.194 e. The lowest BCUT2D eigenvalue weighted by Gasteiger charge is -2.03. The lowest BCUT2D eigenvalue weighted by atomic mass is 10.0. The monoisotopic (exact) mass is 212 g/mol. The van der Waals surface area contributed by atoms with Gasteiger partial charge in [0.1, 0.15) is 0 Å². The van der Waals surface area contributed by atoms with Gasteiger partial charge in [0.2, 0.25) is 0 Å². The van der Waals surface area contributed by atoms with Crippen LogP contribution >= 0.6 is 0 Å². The van der Waals surface area contributed by atoms with Crippen molar-refractivity contribution in [3.8, 4) is 0 Å². The Morgan fingerprint density at radius 1 is 1.00 bits per heavy atom. The summed E-state index contributed by atoms with van der Waals surface area (Å²) in [6.07, 6.45) is 3.01. The largest absolute Gasteiger partial charge is 0.289 e. The van der Waals surface area contributed by atoms with E-state index >= 15 is 0 Å². The van der Waals surface area contributed by atoms with Gasteiger partial charge in [0.15, 0.2) is 5.78 Å². The first-order valence-electron chi connectivity index (χ1n) is 5.07. The molecule has 3 heteroatoms. The summed E-state index contributed by atoms with van der Waals surface area (Å²) in [6, 6.07) is 7.37. The number of hydrogen-bond acceptors (Lipinski definition) is 3. The Bertz CT molecular complexity index is 521. The summed E-state index contributed by atoms with van der Waals surface area (Å²) in [5, 5.41) is 7.35. The number of rotatable bonds is 2. The van der Waals surface area contributed by atoms with Gasteiger partial charge in [0, 0.05) is 11.1 Å². The van der Waals surface area contributed by atoms with Gasteiger partial charge >= 0.3 is 0 Å². The Labute approximate surface area is 94.2 Å². The molecule has 0 bridgehead atoms. The second-order valence-corrected chi connectivity index (χ2v) is 3.76. The van der Waals surface area contributed by atoms with Crippen molar-refractivity contribution in [3.63, 3.8) is 0 Å². The van der Waals surface area contributed by atoms with Crippen molar-refractivity contribution in [1.29, 1.82) is 0 Å². The standard InChI is InChI=1S/C13H12N2O/c1-9-3-4-11(7-10(9)2)13(16)12-5-6-14-15-8-12/h3-8H,1-2H3. The van der Waals surface area contributed by atoms with E-state index in [4.69, 9.17) is 0 Å². The molecular formula is C13H12N2O. The van der Waals surface area contributed by atoms with Crippen LogP contribution in [0.5, 0.6) is 0 Å². The Balaban J connectivity index is 2.39. The Hall–Kier alpha value is -2.03. The third kappa shape index (κ3) is 1.98. The normalized spacial score (nSPS) is 10.1. The predicted molar refractivity (Wildman–Crippen MR) is 61.4 cm³/mol. The molecular weight excluding hydrogens is 200 g/mol. The number of hydrogen-bond donors (Lipinski definition) is 0. The molecule has 0 spiro atoms. The first kappa shape index (κ1) is 10.5. The van der Waals surface area contributed by atoms with Crippen molar-refractivity contribution in [2.75, 3.05) is 0 Å². The van der Waals surface area contributed by atoms with Gasteiger partial charge in [-0.05, 0) is 37.1 Å². The lowest BCUT2D eigenvalue weighted by Crippen LogP contribution is -2.02. The summed E-state index contributed by atoms with van der Waals surface area (Å²) < 4.78 is 0. The lowest BCUT2D eigenvalue weighted by molar-refractivity contribution is 0.103. The third-order valence-electron chi connectivity index (χ3n) is 2.62. The minimum absolute atomic E-state index is 0.0157. The molecule has 1 heterocycles. The second-order valence-electron chi connectivity index (χ2n) is 3.76. The fourth-order valence-electron chi connectivity index (χ4n) is 1.47. The molecule has 0 saturated heterocycles. The van der Waals surface area contributed by atoms with Crippen molar-refractivity contribution in [2.24, 2.45) is 0 Å². The molecule has 0 saturated carbocycles. The zero-order chi connectivity index (χ0) is 11.5. The van der Waals surface area contributed by atoms with Crippen LogP contribution in [-0.2, 0) is 0 Å². The van der Waals surface area contributed by atoms with Gasteiger partial charge in [-0.3, -0.25) is 4.79 Å². The van der Waals surface area contributed by atoms with Gasteiger partial charge in [0.25, 0.3) is 0 Å². The number of aryl methyl sites for hydroxylation is 2. The van der Waals surface area contributed by atoms with Crippen LogP contribution in [0.2, 0.25) is 0 Å². The van der Waals surface area contributed by atoms with Crippen LogP contribution in [0.1, 0.15) is 27.0 Å². The molecule has 3 nitrogen and oxygen atoms in total. The van der Waals surface area contributed by atoms with Gasteiger partial charge in [0.05, 0.1) is 12.4 Å². The predicted octanol–water partition coefficient (Wildman–Crippen LogP) is 2.32. The van der Waals surface area contributed by atoms with E-state index in [0.29, 0.717) is 11.1 Å². The number of aromatic nitrogens is 2. The highest BCUT2D eigenvalue weighted by Crippen LogP contribution is 2.13. The fourth-order valence-corrected chi connectivity index (χ4v) is 1.47. The molecule has 0 aliphatic rings. The average Bonchev–Trinajstić information content (AvgIpc) is 2.33. The maximum atomic E-state index is 12.0. The van der Waals surface area contributed by atoms with Crippen molar-refractivity contribution in [2.45, 2.75) is 13.8 Å². The van der Waals surface area contributed by atoms with E-state index in [9.17, 15) is 4.79 Å². The minimum atomic E-state index is -0.0157. The van der Waals surface area contributed by atoms with E-state index in [0.717, 1.165) is 5.56 Å². The van der Waals surface area contributed by atoms with E-state index in [1.165, 1.54) is 18.0 Å². The molecule has 16 heavy (non-hydrogen) atoms. The van der Waals surface area contributed by atoms with Crippen LogP contribution in [0.4, 0.5) is 0 Å². The van der Waals surface area contributed by atoms with Crippen LogP contribution in [-0.4, -0.2) is 16.0 Å². The topological polar surface area (TPSA) is 42.9 Å². The van der Waals surface area contributed by atoms with Crippen molar-refractivity contribution < 1.29 is 4.79 Å². The maximum absolute atomic E-state index is 12.0. The summed E-state index contributed by atoms with van der Waals surface area (Å²) >= 11 is 0. The number of benzene rings is 1. The molecule has 80 valence electrons. The third-order valence-corrected chi connectivity index (χ3v) is 2.62. The van der Waals surface area contributed by atoms with Crippen LogP contribution in [0, 0.1) is 13.8 Å². The molecule has 0 aliphatic carbocycles. The minimum Gasteiger partial charge on any atom is -0.289 e. The van der Waals surface area contributed by atoms with Gasteiger partial charge in [-0.25, -0.2) is 0 Å². The van der Waals surface area contributed by atoms with E-state index in [1.807, 2.05) is 32.0 Å². The molecule has 0 fully saturated rings. The molecule has 2 rings (SSSR count). The van der Waals surface area contributed by atoms with Crippen LogP contribution < -0.4 is 0 Å². The molecule has 0 radical (unpaired) electrons. The zero-order valence-electron chi connectivity index (χ0n) is 9.27. The summed E-state index contributed by atoms with van der Waals surface area (Å²) in [4.78, 5) is 12.0. The first-order chi connectivity index (χ1) is 7.68. The number of ketones is 1. The van der Waals surface area contributed by atoms with Gasteiger partial charge in [-0.15, -0.1) is 0 Å². The van der Waals surface area contributed by atoms with E-state index in [1.54, 1.807) is 6.07 Å². The Morgan fingerprint density at radius 3 is 2.44 bits per heavy atom. The molecule has 0 aliphatic heterocycles. The van der Waals surface area contributed by atoms with Crippen molar-refractivity contribution in [1.82, 2.24) is 10.2 Å². The quantitative estimate of drug-likeness (QED) is 0.717. The SMILES string of the molecule is Cc1ccc(C(=O)c2ccnnc2)cc1C. The Kier molecular flexibility index (Phi) is 2.77. The molecule has 0 amide bonds. The van der Waals surface area contributed by atoms with Crippen molar-refractivity contribution in [3.05, 3.63) is 58.9 Å². The van der Waals surface area contributed by atoms with E-state index < -0.39 is 0 Å². The number of carbonyl (C=O) groups excluding carboxylic acids is 1. The highest BCUT2D eigenvalue weighted by atomic mass is 16.1. The summed E-state index contributed by atoms with van der Waals surface area (Å²) in [5.74, 6) is -0.0157. The molecule has 0 unspecified atom stereocenters. The van der Waals surface area contributed by atoms with Crippen LogP contribution in [0.25, 0.3) is 0 Å². The second kappa shape index (κ2) is 4.23. The van der Waals surface area contributed by atoms with E-state index in [-0.39, 0.29) is 5.78 Å². The van der Waals surface area contributed by atoms with Gasteiger partial charge in [-0.2, -0.15) is 10.2 Å². The first-order valence-corrected chi connectivity index (χ1v) is 5.07. The average molecular weight is 212 g/mol.